The van der Waals surface area contributed by atoms with Gasteiger partial charge in [-0.2, -0.15) is 0 Å². The van der Waals surface area contributed by atoms with Gasteiger partial charge in [-0.15, -0.1) is 13.2 Å². The zero-order valence-electron chi connectivity index (χ0n) is 33.2. The first kappa shape index (κ1) is 52.2. The van der Waals surface area contributed by atoms with Crippen LogP contribution in [0.2, 0.25) is 0 Å². The summed E-state index contributed by atoms with van der Waals surface area (Å²) in [6, 6.07) is 6.10. The van der Waals surface area contributed by atoms with E-state index in [1.165, 1.54) is 19.2 Å². The molecule has 1 saturated heterocycles. The van der Waals surface area contributed by atoms with Gasteiger partial charge in [0, 0.05) is 12.6 Å². The minimum Gasteiger partial charge on any atom is -0.497 e. The van der Waals surface area contributed by atoms with Crippen LogP contribution < -0.4 is 20.1 Å². The Morgan fingerprint density at radius 1 is 0.962 bits per heavy atom. The van der Waals surface area contributed by atoms with E-state index in [9.17, 15) is 32.4 Å². The lowest BCUT2D eigenvalue weighted by Crippen LogP contribution is -2.49. The Morgan fingerprint density at radius 3 is 1.85 bits per heavy atom. The number of ether oxygens (including phenoxy) is 2. The molecule has 52 heavy (non-hydrogen) atoms. The minimum absolute atomic E-state index is 0.0781. The molecule has 14 nitrogen and oxygen atoms in total. The molecule has 300 valence electrons. The molecule has 2 saturated carbocycles. The van der Waals surface area contributed by atoms with Crippen molar-refractivity contribution in [1.82, 2.24) is 20.3 Å². The maximum Gasteiger partial charge on any atom is 0.408 e. The maximum absolute atomic E-state index is 12.2. The highest BCUT2D eigenvalue weighted by Gasteiger charge is 2.37. The van der Waals surface area contributed by atoms with Crippen molar-refractivity contribution >= 4 is 40.3 Å². The minimum atomic E-state index is -3.26. The fourth-order valence-corrected chi connectivity index (χ4v) is 4.78. The van der Waals surface area contributed by atoms with Crippen LogP contribution in [-0.4, -0.2) is 91.8 Å². The Hall–Kier alpha value is -4.14. The van der Waals surface area contributed by atoms with Crippen molar-refractivity contribution in [1.29, 1.82) is 0 Å². The van der Waals surface area contributed by atoms with Crippen LogP contribution in [0.5, 0.6) is 5.75 Å². The number of likely N-dealkylation sites (tertiary alicyclic amines) is 1. The lowest BCUT2D eigenvalue weighted by molar-refractivity contribution is -0.137. The Balaban J connectivity index is -0.000000670. The normalized spacial score (nSPS) is 15.3. The number of carboxylic acids is 1. The molecular weight excluding hydrogens is 692 g/mol. The molecule has 1 aromatic rings. The summed E-state index contributed by atoms with van der Waals surface area (Å²) in [5, 5.41) is 13.6. The zero-order valence-corrected chi connectivity index (χ0v) is 34.1. The van der Waals surface area contributed by atoms with Crippen molar-refractivity contribution in [3.63, 3.8) is 0 Å². The monoisotopic (exact) mass is 758 g/mol. The number of hydrogen-bond acceptors (Lipinski definition) is 9. The van der Waals surface area contributed by atoms with E-state index in [4.69, 9.17) is 14.6 Å². The summed E-state index contributed by atoms with van der Waals surface area (Å²) in [5.74, 6) is 0.243. The SMILES string of the molecule is C=C.CC.CC.CC(C)(C)OC(=O)NCC(=O)N1CCC[C@H]1C(=O)NC1CC1.CC(C)C.COc1ccc(C(=O)O)cc1.O=CNS(=O)(=O)C1CC1. The molecule has 1 atom stereocenters. The van der Waals surface area contributed by atoms with Gasteiger partial charge in [-0.05, 0) is 89.5 Å². The van der Waals surface area contributed by atoms with Crippen LogP contribution in [0.25, 0.3) is 0 Å². The van der Waals surface area contributed by atoms with Gasteiger partial charge < -0.3 is 30.1 Å². The number of rotatable bonds is 9. The number of amides is 4. The standard InChI is InChI=1S/C15H25N3O4.C8H8O3.C4H7NO3S.C4H10.2C2H6.C2H4/c1-15(2,3)22-14(21)16-9-12(19)18-8-4-5-11(18)13(20)17-10-6-7-10;1-11-7-4-2-6(3-5-7)8(9)10;6-3-5-9(7,8)4-1-2-4;1-4(2)3;3*1-2/h10-11H,4-9H2,1-3H3,(H,16,21)(H,17,20);2-5H,1H3,(H,9,10);3-4H,1-2H2,(H,5,6);4H,1-3H3;2*1-2H3;1-2H2/t11-;;;;;;/m0....../s1. The van der Waals surface area contributed by atoms with Gasteiger partial charge in [0.25, 0.3) is 0 Å². The van der Waals surface area contributed by atoms with E-state index in [-0.39, 0.29) is 41.6 Å². The van der Waals surface area contributed by atoms with Crippen molar-refractivity contribution in [3.8, 4) is 5.75 Å². The number of nitrogens with one attached hydrogen (secondary N) is 3. The van der Waals surface area contributed by atoms with E-state index in [1.807, 2.05) is 27.7 Å². The van der Waals surface area contributed by atoms with Crippen LogP contribution >= 0.6 is 0 Å². The van der Waals surface area contributed by atoms with Crippen molar-refractivity contribution in [2.75, 3.05) is 20.2 Å². The fourth-order valence-electron chi connectivity index (χ4n) is 3.70. The third kappa shape index (κ3) is 25.8. The first-order chi connectivity index (χ1) is 24.4. The Labute approximate surface area is 312 Å². The molecule has 15 heteroatoms. The largest absolute Gasteiger partial charge is 0.497 e. The maximum atomic E-state index is 12.2. The van der Waals surface area contributed by atoms with Crippen molar-refractivity contribution in [2.24, 2.45) is 5.92 Å². The van der Waals surface area contributed by atoms with Crippen molar-refractivity contribution in [2.45, 2.75) is 131 Å². The van der Waals surface area contributed by atoms with Gasteiger partial charge in [0.1, 0.15) is 23.9 Å². The van der Waals surface area contributed by atoms with Crippen LogP contribution in [0.1, 0.15) is 118 Å². The molecular formula is C37H66N4O10S. The molecule has 0 unspecified atom stereocenters. The number of alkyl carbamates (subject to hydrolysis) is 1. The highest BCUT2D eigenvalue weighted by molar-refractivity contribution is 7.90. The van der Waals surface area contributed by atoms with Gasteiger partial charge in [-0.25, -0.2) is 18.0 Å². The predicted octanol–water partition coefficient (Wildman–Crippen LogP) is 5.92. The van der Waals surface area contributed by atoms with Gasteiger partial charge in [0.2, 0.25) is 28.2 Å². The smallest absolute Gasteiger partial charge is 0.408 e. The summed E-state index contributed by atoms with van der Waals surface area (Å²) in [5.41, 5.74) is -0.334. The van der Waals surface area contributed by atoms with Crippen LogP contribution in [-0.2, 0) is 29.1 Å². The first-order valence-corrected chi connectivity index (χ1v) is 19.3. The van der Waals surface area contributed by atoms with E-state index in [1.54, 1.807) is 42.5 Å². The highest BCUT2D eigenvalue weighted by Crippen LogP contribution is 2.27. The number of nitrogens with zero attached hydrogens (tertiary/aromatic N) is 1. The number of carbonyl (C=O) groups excluding carboxylic acids is 4. The fraction of sp³-hybridized carbons (Fsp3) is 0.649. The number of aromatic carboxylic acids is 1. The predicted molar refractivity (Wildman–Crippen MR) is 206 cm³/mol. The number of hydrogen-bond donors (Lipinski definition) is 4. The number of methoxy groups -OCH3 is 1. The Bertz CT molecular complexity index is 1270. The summed E-state index contributed by atoms with van der Waals surface area (Å²) in [6.45, 7) is 26.2. The second kappa shape index (κ2) is 28.4. The molecule has 0 aromatic heterocycles. The van der Waals surface area contributed by atoms with E-state index in [2.05, 4.69) is 44.6 Å². The molecule has 1 aliphatic heterocycles. The lowest BCUT2D eigenvalue weighted by Gasteiger charge is -2.25. The van der Waals surface area contributed by atoms with Crippen LogP contribution in [0.4, 0.5) is 4.79 Å². The van der Waals surface area contributed by atoms with Gasteiger partial charge in [0.15, 0.2) is 0 Å². The van der Waals surface area contributed by atoms with Gasteiger partial charge in [-0.1, -0.05) is 48.5 Å². The molecule has 3 aliphatic rings. The Kier molecular flexibility index (Phi) is 28.6. The highest BCUT2D eigenvalue weighted by atomic mass is 32.2. The van der Waals surface area contributed by atoms with Gasteiger partial charge in [-0.3, -0.25) is 19.1 Å². The lowest BCUT2D eigenvalue weighted by atomic mass is 10.2. The van der Waals surface area contributed by atoms with E-state index in [0.717, 1.165) is 25.2 Å². The molecule has 1 heterocycles. The summed E-state index contributed by atoms with van der Waals surface area (Å²) in [7, 11) is -1.72. The molecule has 0 spiro atoms. The number of benzene rings is 1. The summed E-state index contributed by atoms with van der Waals surface area (Å²) >= 11 is 0. The number of sulfonamides is 1. The van der Waals surface area contributed by atoms with Crippen LogP contribution in [0.3, 0.4) is 0 Å². The first-order valence-electron chi connectivity index (χ1n) is 17.8. The summed E-state index contributed by atoms with van der Waals surface area (Å²) in [4.78, 5) is 57.5. The average Bonchev–Trinajstić information content (AvgIpc) is 4.04. The molecule has 0 bridgehead atoms. The van der Waals surface area contributed by atoms with E-state index >= 15 is 0 Å². The summed E-state index contributed by atoms with van der Waals surface area (Å²) in [6.07, 6.45) is 4.47. The van der Waals surface area contributed by atoms with Gasteiger partial charge in [0.05, 0.1) is 17.9 Å². The molecule has 4 N–H and O–H groups in total. The van der Waals surface area contributed by atoms with Gasteiger partial charge >= 0.3 is 12.1 Å². The van der Waals surface area contributed by atoms with Crippen molar-refractivity contribution in [3.05, 3.63) is 43.0 Å². The molecule has 1 aromatic carbocycles. The molecule has 2 aliphatic carbocycles. The molecule has 4 amide bonds. The molecule has 4 rings (SSSR count). The van der Waals surface area contributed by atoms with Crippen LogP contribution in [0.15, 0.2) is 37.4 Å². The molecule has 3 fully saturated rings. The Morgan fingerprint density at radius 2 is 1.46 bits per heavy atom. The quantitative estimate of drug-likeness (QED) is 0.173. The average molecular weight is 759 g/mol. The van der Waals surface area contributed by atoms with E-state index in [0.29, 0.717) is 31.6 Å². The summed E-state index contributed by atoms with van der Waals surface area (Å²) < 4.78 is 33.0. The number of carboxylic acid groups (broad SMARTS) is 1. The second-order valence-corrected chi connectivity index (χ2v) is 14.6. The van der Waals surface area contributed by atoms with Crippen LogP contribution in [0, 0.1) is 5.92 Å². The topological polar surface area (TPSA) is 198 Å². The molecule has 0 radical (unpaired) electrons. The van der Waals surface area contributed by atoms with E-state index < -0.39 is 33.7 Å². The number of carbonyl (C=O) groups is 5. The second-order valence-electron chi connectivity index (χ2n) is 12.6. The zero-order chi connectivity index (χ0) is 41.1. The third-order valence-corrected chi connectivity index (χ3v) is 7.87. The van der Waals surface area contributed by atoms with Crippen molar-refractivity contribution < 1.29 is 47.0 Å². The third-order valence-electron chi connectivity index (χ3n) is 6.09.